The lowest BCUT2D eigenvalue weighted by Gasteiger charge is -2.21. The van der Waals surface area contributed by atoms with Crippen molar-refractivity contribution in [3.63, 3.8) is 0 Å². The summed E-state index contributed by atoms with van der Waals surface area (Å²) in [6.45, 7) is 7.57. The van der Waals surface area contributed by atoms with Crippen LogP contribution in [0.1, 0.15) is 17.5 Å². The summed E-state index contributed by atoms with van der Waals surface area (Å²) in [5.41, 5.74) is 2.58. The average Bonchev–Trinajstić information content (AvgIpc) is 2.69. The Morgan fingerprint density at radius 3 is 2.58 bits per heavy atom. The van der Waals surface area contributed by atoms with Gasteiger partial charge in [-0.25, -0.2) is 0 Å². The van der Waals surface area contributed by atoms with Crippen LogP contribution < -0.4 is 14.8 Å². The molecule has 1 aliphatic heterocycles. The average molecular weight is 264 g/mol. The van der Waals surface area contributed by atoms with Crippen molar-refractivity contribution >= 4 is 0 Å². The lowest BCUT2D eigenvalue weighted by Crippen LogP contribution is -2.27. The first-order valence-corrected chi connectivity index (χ1v) is 6.89. The van der Waals surface area contributed by atoms with Crippen molar-refractivity contribution in [1.29, 1.82) is 0 Å². The predicted molar refractivity (Wildman–Crippen MR) is 77.0 cm³/mol. The van der Waals surface area contributed by atoms with Gasteiger partial charge in [0.2, 0.25) is 0 Å². The van der Waals surface area contributed by atoms with E-state index in [4.69, 9.17) is 9.47 Å². The molecule has 0 unspecified atom stereocenters. The minimum Gasteiger partial charge on any atom is -0.493 e. The molecular formula is C15H24N2O2. The summed E-state index contributed by atoms with van der Waals surface area (Å²) in [4.78, 5) is 2.49. The molecule has 19 heavy (non-hydrogen) atoms. The normalized spacial score (nSPS) is 17.0. The van der Waals surface area contributed by atoms with E-state index in [0.29, 0.717) is 0 Å². The van der Waals surface area contributed by atoms with E-state index in [1.54, 1.807) is 14.2 Å². The molecule has 0 bridgehead atoms. The van der Waals surface area contributed by atoms with E-state index in [1.165, 1.54) is 17.5 Å². The topological polar surface area (TPSA) is 33.7 Å². The third-order valence-corrected chi connectivity index (χ3v) is 3.67. The van der Waals surface area contributed by atoms with Crippen LogP contribution in [0, 0.1) is 6.92 Å². The first kappa shape index (κ1) is 14.2. The van der Waals surface area contributed by atoms with Gasteiger partial charge < -0.3 is 14.8 Å². The molecule has 1 heterocycles. The Morgan fingerprint density at radius 1 is 1.11 bits per heavy atom. The Morgan fingerprint density at radius 2 is 1.84 bits per heavy atom. The zero-order valence-electron chi connectivity index (χ0n) is 12.2. The molecule has 106 valence electrons. The largest absolute Gasteiger partial charge is 0.493 e. The van der Waals surface area contributed by atoms with Crippen molar-refractivity contribution < 1.29 is 9.47 Å². The van der Waals surface area contributed by atoms with Gasteiger partial charge in [-0.15, -0.1) is 0 Å². The summed E-state index contributed by atoms with van der Waals surface area (Å²) >= 11 is 0. The molecular weight excluding hydrogens is 240 g/mol. The third kappa shape index (κ3) is 3.61. The number of hydrogen-bond acceptors (Lipinski definition) is 4. The molecule has 4 heteroatoms. The van der Waals surface area contributed by atoms with Crippen LogP contribution in [0.4, 0.5) is 0 Å². The third-order valence-electron chi connectivity index (χ3n) is 3.67. The lowest BCUT2D eigenvalue weighted by atomic mass is 10.1. The van der Waals surface area contributed by atoms with Crippen LogP contribution in [0.15, 0.2) is 12.1 Å². The molecule has 1 aromatic carbocycles. The molecule has 1 N–H and O–H groups in total. The summed E-state index contributed by atoms with van der Waals surface area (Å²) in [5, 5.41) is 3.43. The minimum absolute atomic E-state index is 0.807. The molecule has 1 aromatic rings. The second kappa shape index (κ2) is 6.78. The maximum Gasteiger partial charge on any atom is 0.161 e. The molecule has 0 saturated carbocycles. The Kier molecular flexibility index (Phi) is 5.05. The van der Waals surface area contributed by atoms with E-state index >= 15 is 0 Å². The fourth-order valence-corrected chi connectivity index (χ4v) is 2.49. The molecule has 0 radical (unpaired) electrons. The predicted octanol–water partition coefficient (Wildman–Crippen LogP) is 1.81. The SMILES string of the molecule is COc1cc(C)c(CN2CCCNCC2)cc1OC. The van der Waals surface area contributed by atoms with Gasteiger partial charge >= 0.3 is 0 Å². The summed E-state index contributed by atoms with van der Waals surface area (Å²) in [6, 6.07) is 4.16. The number of ether oxygens (including phenoxy) is 2. The lowest BCUT2D eigenvalue weighted by molar-refractivity contribution is 0.282. The molecule has 1 fully saturated rings. The number of benzene rings is 1. The summed E-state index contributed by atoms with van der Waals surface area (Å²) in [7, 11) is 3.37. The highest BCUT2D eigenvalue weighted by atomic mass is 16.5. The van der Waals surface area contributed by atoms with Crippen molar-refractivity contribution in [2.45, 2.75) is 19.9 Å². The summed E-state index contributed by atoms with van der Waals surface area (Å²) in [6.07, 6.45) is 1.21. The van der Waals surface area contributed by atoms with Crippen LogP contribution in [0.2, 0.25) is 0 Å². The quantitative estimate of drug-likeness (QED) is 0.899. The van der Waals surface area contributed by atoms with Crippen molar-refractivity contribution in [3.05, 3.63) is 23.3 Å². The Hall–Kier alpha value is -1.26. The first-order chi connectivity index (χ1) is 9.24. The Balaban J connectivity index is 2.14. The molecule has 0 aromatic heterocycles. The van der Waals surface area contributed by atoms with Gasteiger partial charge in [-0.05, 0) is 49.7 Å². The van der Waals surface area contributed by atoms with E-state index in [2.05, 4.69) is 29.3 Å². The van der Waals surface area contributed by atoms with E-state index in [0.717, 1.165) is 44.2 Å². The zero-order chi connectivity index (χ0) is 13.7. The van der Waals surface area contributed by atoms with Crippen LogP contribution in [-0.2, 0) is 6.54 Å². The minimum atomic E-state index is 0.807. The van der Waals surface area contributed by atoms with Crippen molar-refractivity contribution in [2.24, 2.45) is 0 Å². The second-order valence-corrected chi connectivity index (χ2v) is 5.01. The fraction of sp³-hybridized carbons (Fsp3) is 0.600. The van der Waals surface area contributed by atoms with Crippen LogP contribution in [0.5, 0.6) is 11.5 Å². The number of aryl methyl sites for hydroxylation is 1. The highest BCUT2D eigenvalue weighted by molar-refractivity contribution is 5.47. The van der Waals surface area contributed by atoms with Gasteiger partial charge in [0.25, 0.3) is 0 Å². The van der Waals surface area contributed by atoms with Crippen molar-refractivity contribution in [1.82, 2.24) is 10.2 Å². The van der Waals surface area contributed by atoms with Crippen molar-refractivity contribution in [3.8, 4) is 11.5 Å². The number of methoxy groups -OCH3 is 2. The van der Waals surface area contributed by atoms with Gasteiger partial charge in [0.15, 0.2) is 11.5 Å². The van der Waals surface area contributed by atoms with Gasteiger partial charge in [0, 0.05) is 19.6 Å². The van der Waals surface area contributed by atoms with Gasteiger partial charge in [0.1, 0.15) is 0 Å². The molecule has 0 spiro atoms. The van der Waals surface area contributed by atoms with Gasteiger partial charge in [0.05, 0.1) is 14.2 Å². The van der Waals surface area contributed by atoms with Crippen LogP contribution in [0.25, 0.3) is 0 Å². The maximum atomic E-state index is 5.39. The summed E-state index contributed by atoms with van der Waals surface area (Å²) in [5.74, 6) is 1.62. The van der Waals surface area contributed by atoms with Gasteiger partial charge in [-0.3, -0.25) is 4.90 Å². The molecule has 4 nitrogen and oxygen atoms in total. The monoisotopic (exact) mass is 264 g/mol. The maximum absolute atomic E-state index is 5.39. The zero-order valence-corrected chi connectivity index (χ0v) is 12.2. The highest BCUT2D eigenvalue weighted by Crippen LogP contribution is 2.30. The van der Waals surface area contributed by atoms with Crippen LogP contribution >= 0.6 is 0 Å². The van der Waals surface area contributed by atoms with E-state index in [9.17, 15) is 0 Å². The second-order valence-electron chi connectivity index (χ2n) is 5.01. The van der Waals surface area contributed by atoms with Gasteiger partial charge in [-0.1, -0.05) is 0 Å². The first-order valence-electron chi connectivity index (χ1n) is 6.89. The Labute approximate surface area is 115 Å². The summed E-state index contributed by atoms with van der Waals surface area (Å²) < 4.78 is 10.7. The number of nitrogens with one attached hydrogen (secondary N) is 1. The van der Waals surface area contributed by atoms with E-state index in [1.807, 2.05) is 0 Å². The molecule has 0 atom stereocenters. The van der Waals surface area contributed by atoms with Crippen LogP contribution in [0.3, 0.4) is 0 Å². The molecule has 1 aliphatic rings. The van der Waals surface area contributed by atoms with Crippen LogP contribution in [-0.4, -0.2) is 45.3 Å². The van der Waals surface area contributed by atoms with E-state index < -0.39 is 0 Å². The molecule has 0 amide bonds. The number of rotatable bonds is 4. The molecule has 0 aliphatic carbocycles. The highest BCUT2D eigenvalue weighted by Gasteiger charge is 2.13. The number of nitrogens with zero attached hydrogens (tertiary/aromatic N) is 1. The van der Waals surface area contributed by atoms with Crippen molar-refractivity contribution in [2.75, 3.05) is 40.4 Å². The smallest absolute Gasteiger partial charge is 0.161 e. The number of hydrogen-bond donors (Lipinski definition) is 1. The Bertz CT molecular complexity index is 413. The van der Waals surface area contributed by atoms with E-state index in [-0.39, 0.29) is 0 Å². The standard InChI is InChI=1S/C15H24N2O2/c1-12-9-14(18-2)15(19-3)10-13(12)11-17-7-4-5-16-6-8-17/h9-10,16H,4-8,11H2,1-3H3. The molecule has 1 saturated heterocycles. The van der Waals surface area contributed by atoms with Gasteiger partial charge in [-0.2, -0.15) is 0 Å². The molecule has 2 rings (SSSR count). The fourth-order valence-electron chi connectivity index (χ4n) is 2.49.